The van der Waals surface area contributed by atoms with E-state index in [1.54, 1.807) is 0 Å². The van der Waals surface area contributed by atoms with Crippen molar-refractivity contribution in [1.82, 2.24) is 0 Å². The Labute approximate surface area is 107 Å². The van der Waals surface area contributed by atoms with Crippen molar-refractivity contribution in [2.45, 2.75) is 17.6 Å². The first-order chi connectivity index (χ1) is 8.25. The monoisotopic (exact) mass is 240 g/mol. The van der Waals surface area contributed by atoms with Crippen LogP contribution in [0.1, 0.15) is 18.1 Å². The normalized spacial score (nSPS) is 10.2. The Balaban J connectivity index is 1.98. The van der Waals surface area contributed by atoms with Crippen LogP contribution in [-0.4, -0.2) is 0 Å². The van der Waals surface area contributed by atoms with Gasteiger partial charge in [0, 0.05) is 10.6 Å². The molecule has 0 saturated carbocycles. The molecule has 0 bridgehead atoms. The molecule has 0 unspecified atom stereocenters. The lowest BCUT2D eigenvalue weighted by molar-refractivity contribution is 1.37. The third-order valence-corrected chi connectivity index (χ3v) is 3.68. The van der Waals surface area contributed by atoms with Crippen molar-refractivity contribution in [3.05, 3.63) is 72.3 Å². The second-order valence-electron chi connectivity index (χ2n) is 4.08. The number of benzene rings is 2. The van der Waals surface area contributed by atoms with Gasteiger partial charge in [0.1, 0.15) is 0 Å². The van der Waals surface area contributed by atoms with E-state index < -0.39 is 0 Å². The van der Waals surface area contributed by atoms with Crippen LogP contribution in [0.25, 0.3) is 5.57 Å². The van der Waals surface area contributed by atoms with Crippen molar-refractivity contribution in [2.24, 2.45) is 0 Å². The maximum absolute atomic E-state index is 3.94. The first-order valence-electron chi connectivity index (χ1n) is 5.68. The fourth-order valence-electron chi connectivity index (χ4n) is 1.57. The predicted octanol–water partition coefficient (Wildman–Crippen LogP) is 5.01. The zero-order valence-electron chi connectivity index (χ0n) is 10.0. The van der Waals surface area contributed by atoms with Crippen LogP contribution in [0.2, 0.25) is 0 Å². The summed E-state index contributed by atoms with van der Waals surface area (Å²) in [5.74, 6) is 1.01. The summed E-state index contributed by atoms with van der Waals surface area (Å²) in [5.41, 5.74) is 3.69. The molecule has 86 valence electrons. The zero-order valence-corrected chi connectivity index (χ0v) is 10.8. The van der Waals surface area contributed by atoms with Crippen molar-refractivity contribution >= 4 is 17.3 Å². The van der Waals surface area contributed by atoms with Crippen molar-refractivity contribution in [1.29, 1.82) is 0 Å². The van der Waals surface area contributed by atoms with E-state index >= 15 is 0 Å². The lowest BCUT2D eigenvalue weighted by Crippen LogP contribution is -1.82. The third-order valence-electron chi connectivity index (χ3n) is 2.60. The van der Waals surface area contributed by atoms with E-state index in [2.05, 4.69) is 55.1 Å². The lowest BCUT2D eigenvalue weighted by Gasteiger charge is -2.04. The molecule has 0 aliphatic heterocycles. The van der Waals surface area contributed by atoms with Crippen molar-refractivity contribution in [3.63, 3.8) is 0 Å². The van der Waals surface area contributed by atoms with Crippen molar-refractivity contribution < 1.29 is 0 Å². The molecule has 0 saturated heterocycles. The molecule has 2 aromatic rings. The average molecular weight is 240 g/mol. The Hall–Kier alpha value is -1.47. The fourth-order valence-corrected chi connectivity index (χ4v) is 2.44. The maximum Gasteiger partial charge on any atom is 0.0232 e. The number of hydrogen-bond acceptors (Lipinski definition) is 1. The molecule has 0 fully saturated rings. The van der Waals surface area contributed by atoms with Crippen LogP contribution in [0.5, 0.6) is 0 Å². The summed E-state index contributed by atoms with van der Waals surface area (Å²) in [5, 5.41) is 0. The van der Waals surface area contributed by atoms with Crippen molar-refractivity contribution in [3.8, 4) is 0 Å². The Morgan fingerprint density at radius 2 is 1.65 bits per heavy atom. The summed E-state index contributed by atoms with van der Waals surface area (Å²) in [6.45, 7) is 5.98. The molecular weight excluding hydrogens is 224 g/mol. The van der Waals surface area contributed by atoms with E-state index in [9.17, 15) is 0 Å². The van der Waals surface area contributed by atoms with Crippen LogP contribution in [0.15, 0.2) is 66.1 Å². The van der Waals surface area contributed by atoms with Crippen LogP contribution in [0.3, 0.4) is 0 Å². The Kier molecular flexibility index (Phi) is 4.05. The first-order valence-corrected chi connectivity index (χ1v) is 6.67. The topological polar surface area (TPSA) is 0 Å². The molecule has 2 aromatic carbocycles. The molecule has 17 heavy (non-hydrogen) atoms. The van der Waals surface area contributed by atoms with Gasteiger partial charge in [0.15, 0.2) is 0 Å². The molecular formula is C16H16S. The number of hydrogen-bond donors (Lipinski definition) is 0. The Morgan fingerprint density at radius 1 is 1.00 bits per heavy atom. The number of rotatable bonds is 4. The largest absolute Gasteiger partial charge is 0.121 e. The molecule has 0 atom stereocenters. The van der Waals surface area contributed by atoms with Gasteiger partial charge in [-0.2, -0.15) is 0 Å². The second kappa shape index (κ2) is 5.74. The minimum Gasteiger partial charge on any atom is -0.121 e. The van der Waals surface area contributed by atoms with Gasteiger partial charge in [0.05, 0.1) is 0 Å². The van der Waals surface area contributed by atoms with Crippen LogP contribution in [-0.2, 0) is 5.75 Å². The second-order valence-corrected chi connectivity index (χ2v) is 5.13. The maximum atomic E-state index is 3.94. The van der Waals surface area contributed by atoms with E-state index in [1.165, 1.54) is 16.0 Å². The summed E-state index contributed by atoms with van der Waals surface area (Å²) < 4.78 is 0. The van der Waals surface area contributed by atoms with E-state index in [4.69, 9.17) is 0 Å². The molecule has 0 aromatic heterocycles. The van der Waals surface area contributed by atoms with Crippen LogP contribution < -0.4 is 0 Å². The molecule has 0 spiro atoms. The number of allylic oxidation sites excluding steroid dienone is 1. The van der Waals surface area contributed by atoms with Crippen molar-refractivity contribution in [2.75, 3.05) is 0 Å². The third kappa shape index (κ3) is 3.50. The summed E-state index contributed by atoms with van der Waals surface area (Å²) in [6, 6.07) is 19.1. The van der Waals surface area contributed by atoms with Crippen LogP contribution >= 0.6 is 11.8 Å². The predicted molar refractivity (Wildman–Crippen MR) is 77.2 cm³/mol. The molecule has 0 N–H and O–H groups in total. The minimum absolute atomic E-state index is 1.01. The van der Waals surface area contributed by atoms with Gasteiger partial charge < -0.3 is 0 Å². The molecule has 0 aliphatic carbocycles. The van der Waals surface area contributed by atoms with E-state index in [0.29, 0.717) is 0 Å². The summed E-state index contributed by atoms with van der Waals surface area (Å²) in [4.78, 5) is 1.32. The average Bonchev–Trinajstić information content (AvgIpc) is 2.38. The molecule has 1 heteroatoms. The smallest absolute Gasteiger partial charge is 0.0232 e. The summed E-state index contributed by atoms with van der Waals surface area (Å²) in [6.07, 6.45) is 0. The van der Waals surface area contributed by atoms with Crippen LogP contribution in [0.4, 0.5) is 0 Å². The molecule has 0 heterocycles. The van der Waals surface area contributed by atoms with Gasteiger partial charge in [-0.25, -0.2) is 0 Å². The molecule has 0 aliphatic rings. The van der Waals surface area contributed by atoms with Gasteiger partial charge in [-0.3, -0.25) is 0 Å². The highest BCUT2D eigenvalue weighted by Crippen LogP contribution is 2.23. The Bertz CT molecular complexity index is 483. The quantitative estimate of drug-likeness (QED) is 0.677. The lowest BCUT2D eigenvalue weighted by atomic mass is 10.1. The highest BCUT2D eigenvalue weighted by atomic mass is 32.2. The van der Waals surface area contributed by atoms with E-state index in [-0.39, 0.29) is 0 Å². The van der Waals surface area contributed by atoms with Gasteiger partial charge in [-0.1, -0.05) is 54.6 Å². The molecule has 0 amide bonds. The number of thioether (sulfide) groups is 1. The van der Waals surface area contributed by atoms with Gasteiger partial charge in [-0.05, 0) is 30.2 Å². The highest BCUT2D eigenvalue weighted by Gasteiger charge is 1.97. The van der Waals surface area contributed by atoms with E-state index in [1.807, 2.05) is 24.8 Å². The van der Waals surface area contributed by atoms with E-state index in [0.717, 1.165) is 11.3 Å². The molecule has 0 radical (unpaired) electrons. The minimum atomic E-state index is 1.01. The summed E-state index contributed by atoms with van der Waals surface area (Å²) >= 11 is 1.87. The zero-order chi connectivity index (χ0) is 12.1. The first kappa shape index (κ1) is 12.0. The standard InChI is InChI=1S/C16H16S/c1-13(2)15-10-8-14(9-11-15)12-17-16-6-4-3-5-7-16/h3-11H,1,12H2,2H3. The van der Waals surface area contributed by atoms with Gasteiger partial charge >= 0.3 is 0 Å². The fraction of sp³-hybridized carbons (Fsp3) is 0.125. The molecule has 2 rings (SSSR count). The Morgan fingerprint density at radius 3 is 2.24 bits per heavy atom. The van der Waals surface area contributed by atoms with Gasteiger partial charge in [0.2, 0.25) is 0 Å². The van der Waals surface area contributed by atoms with Gasteiger partial charge in [-0.15, -0.1) is 11.8 Å². The van der Waals surface area contributed by atoms with Gasteiger partial charge in [0.25, 0.3) is 0 Å². The highest BCUT2D eigenvalue weighted by molar-refractivity contribution is 7.98. The van der Waals surface area contributed by atoms with Crippen LogP contribution in [0, 0.1) is 0 Å². The SMILES string of the molecule is C=C(C)c1ccc(CSc2ccccc2)cc1. The molecule has 0 nitrogen and oxygen atoms in total. The summed E-state index contributed by atoms with van der Waals surface area (Å²) in [7, 11) is 0.